The minimum Gasteiger partial charge on any atom is -0.354 e. The number of aromatic nitrogens is 3. The third-order valence-electron chi connectivity index (χ3n) is 4.53. The van der Waals surface area contributed by atoms with E-state index in [1.165, 1.54) is 0 Å². The van der Waals surface area contributed by atoms with Crippen LogP contribution in [0.3, 0.4) is 0 Å². The van der Waals surface area contributed by atoms with Gasteiger partial charge in [-0.15, -0.1) is 0 Å². The number of carbonyl (C=O) groups is 2. The van der Waals surface area contributed by atoms with Crippen LogP contribution in [0.2, 0.25) is 0 Å². The zero-order valence-electron chi connectivity index (χ0n) is 14.6. The summed E-state index contributed by atoms with van der Waals surface area (Å²) in [5, 5.41) is 7.12. The number of hydrogen-bond donors (Lipinski definition) is 2. The Labute approximate surface area is 141 Å². The zero-order chi connectivity index (χ0) is 17.5. The molecule has 2 heterocycles. The average Bonchev–Trinajstić information content (AvgIpc) is 3.05. The van der Waals surface area contributed by atoms with Gasteiger partial charge in [0, 0.05) is 36.1 Å². The molecule has 0 bridgehead atoms. The molecule has 3 rings (SSSR count). The first-order valence-corrected chi connectivity index (χ1v) is 8.30. The quantitative estimate of drug-likeness (QED) is 0.905. The maximum atomic E-state index is 12.6. The number of H-pyrrole nitrogens is 1. The fourth-order valence-electron chi connectivity index (χ4n) is 3.49. The van der Waals surface area contributed by atoms with Crippen molar-refractivity contribution < 1.29 is 9.59 Å². The molecule has 128 valence electrons. The summed E-state index contributed by atoms with van der Waals surface area (Å²) in [6.45, 7) is 8.54. The van der Waals surface area contributed by atoms with Gasteiger partial charge in [-0.05, 0) is 37.3 Å². The normalized spacial score (nSPS) is 17.4. The van der Waals surface area contributed by atoms with Crippen LogP contribution in [0, 0.1) is 12.3 Å². The van der Waals surface area contributed by atoms with Gasteiger partial charge < -0.3 is 10.3 Å². The lowest BCUT2D eigenvalue weighted by Gasteiger charge is -2.28. The monoisotopic (exact) mass is 328 g/mol. The highest BCUT2D eigenvalue weighted by atomic mass is 16.2. The number of nitrogens with one attached hydrogen (secondary N) is 2. The highest BCUT2D eigenvalue weighted by Gasteiger charge is 2.35. The van der Waals surface area contributed by atoms with Crippen molar-refractivity contribution in [2.75, 3.05) is 0 Å². The Morgan fingerprint density at radius 1 is 1.46 bits per heavy atom. The molecule has 1 amide bonds. The van der Waals surface area contributed by atoms with Gasteiger partial charge in [0.25, 0.3) is 5.91 Å². The van der Waals surface area contributed by atoms with Crippen molar-refractivity contribution in [1.82, 2.24) is 20.1 Å². The fraction of sp³-hybridized carbons (Fsp3) is 0.500. The largest absolute Gasteiger partial charge is 0.354 e. The van der Waals surface area contributed by atoms with E-state index in [0.717, 1.165) is 17.7 Å². The van der Waals surface area contributed by atoms with Crippen molar-refractivity contribution in [1.29, 1.82) is 0 Å². The van der Waals surface area contributed by atoms with Crippen molar-refractivity contribution in [2.24, 2.45) is 5.41 Å². The van der Waals surface area contributed by atoms with Gasteiger partial charge in [0.15, 0.2) is 5.78 Å². The Kier molecular flexibility index (Phi) is 4.07. The summed E-state index contributed by atoms with van der Waals surface area (Å²) in [6, 6.07) is 1.79. The standard InChI is InChI=1S/C18H24N4O2/c1-11(10-22-7-5-6-19-22)20-17(24)16-12(2)15-13(21-16)8-18(3,4)9-14(15)23/h5-7,11,21H,8-10H2,1-4H3,(H,20,24)/t11-/m1/s1. The maximum absolute atomic E-state index is 12.6. The van der Waals surface area contributed by atoms with Crippen LogP contribution in [0.5, 0.6) is 0 Å². The van der Waals surface area contributed by atoms with E-state index in [1.54, 1.807) is 10.9 Å². The summed E-state index contributed by atoms with van der Waals surface area (Å²) >= 11 is 0. The molecule has 6 nitrogen and oxygen atoms in total. The molecule has 0 aromatic carbocycles. The van der Waals surface area contributed by atoms with E-state index in [4.69, 9.17) is 0 Å². The molecular formula is C18H24N4O2. The molecule has 0 saturated heterocycles. The third-order valence-corrected chi connectivity index (χ3v) is 4.53. The molecule has 6 heteroatoms. The number of fused-ring (bicyclic) bond motifs is 1. The van der Waals surface area contributed by atoms with Crippen molar-refractivity contribution in [3.05, 3.63) is 41.0 Å². The van der Waals surface area contributed by atoms with Gasteiger partial charge in [-0.25, -0.2) is 0 Å². The second-order valence-corrected chi connectivity index (χ2v) is 7.52. The van der Waals surface area contributed by atoms with Gasteiger partial charge in [-0.3, -0.25) is 14.3 Å². The Balaban J connectivity index is 1.78. The number of hydrogen-bond acceptors (Lipinski definition) is 3. The van der Waals surface area contributed by atoms with Crippen molar-refractivity contribution >= 4 is 11.7 Å². The lowest BCUT2D eigenvalue weighted by molar-refractivity contribution is 0.0908. The van der Waals surface area contributed by atoms with Gasteiger partial charge in [0.2, 0.25) is 0 Å². The summed E-state index contributed by atoms with van der Waals surface area (Å²) in [4.78, 5) is 28.2. The van der Waals surface area contributed by atoms with Crippen LogP contribution in [-0.2, 0) is 13.0 Å². The fourth-order valence-corrected chi connectivity index (χ4v) is 3.49. The summed E-state index contributed by atoms with van der Waals surface area (Å²) in [5.74, 6) is -0.0502. The van der Waals surface area contributed by atoms with Crippen molar-refractivity contribution in [2.45, 2.75) is 53.1 Å². The number of ketones is 1. The first-order chi connectivity index (χ1) is 11.3. The smallest absolute Gasteiger partial charge is 0.268 e. The molecule has 0 spiro atoms. The molecule has 0 radical (unpaired) electrons. The van der Waals surface area contributed by atoms with Crippen LogP contribution in [0.1, 0.15) is 59.3 Å². The van der Waals surface area contributed by atoms with Crippen LogP contribution in [0.4, 0.5) is 0 Å². The predicted molar refractivity (Wildman–Crippen MR) is 91.1 cm³/mol. The molecule has 2 aromatic rings. The van der Waals surface area contributed by atoms with Crippen molar-refractivity contribution in [3.8, 4) is 0 Å². The van der Waals surface area contributed by atoms with E-state index in [1.807, 2.05) is 26.1 Å². The first-order valence-electron chi connectivity index (χ1n) is 8.30. The van der Waals surface area contributed by atoms with Crippen LogP contribution >= 0.6 is 0 Å². The number of nitrogens with zero attached hydrogens (tertiary/aromatic N) is 2. The molecule has 2 aromatic heterocycles. The van der Waals surface area contributed by atoms with Crippen LogP contribution in [-0.4, -0.2) is 32.5 Å². The topological polar surface area (TPSA) is 79.8 Å². The summed E-state index contributed by atoms with van der Waals surface area (Å²) in [6.07, 6.45) is 4.88. The van der Waals surface area contributed by atoms with Gasteiger partial charge >= 0.3 is 0 Å². The second-order valence-electron chi connectivity index (χ2n) is 7.52. The minimum absolute atomic E-state index is 0.0655. The first kappa shape index (κ1) is 16.5. The summed E-state index contributed by atoms with van der Waals surface area (Å²) in [7, 11) is 0. The Morgan fingerprint density at radius 2 is 2.21 bits per heavy atom. The van der Waals surface area contributed by atoms with E-state index in [0.29, 0.717) is 24.2 Å². The number of rotatable bonds is 4. The van der Waals surface area contributed by atoms with E-state index < -0.39 is 0 Å². The van der Waals surface area contributed by atoms with E-state index in [-0.39, 0.29) is 23.1 Å². The molecule has 1 aliphatic carbocycles. The number of amides is 1. The lowest BCUT2D eigenvalue weighted by Crippen LogP contribution is -2.36. The van der Waals surface area contributed by atoms with Gasteiger partial charge in [-0.2, -0.15) is 5.10 Å². The predicted octanol–water partition coefficient (Wildman–Crippen LogP) is 2.49. The Morgan fingerprint density at radius 3 is 2.88 bits per heavy atom. The van der Waals surface area contributed by atoms with E-state index in [2.05, 4.69) is 29.2 Å². The molecule has 0 saturated carbocycles. The zero-order valence-corrected chi connectivity index (χ0v) is 14.6. The number of carbonyl (C=O) groups excluding carboxylic acids is 2. The van der Waals surface area contributed by atoms with Crippen LogP contribution < -0.4 is 5.32 Å². The molecule has 24 heavy (non-hydrogen) atoms. The highest BCUT2D eigenvalue weighted by molar-refractivity contribution is 6.04. The van der Waals surface area contributed by atoms with Crippen LogP contribution in [0.25, 0.3) is 0 Å². The summed E-state index contributed by atoms with van der Waals surface area (Å²) < 4.78 is 1.78. The third kappa shape index (κ3) is 3.13. The van der Waals surface area contributed by atoms with Crippen molar-refractivity contribution in [3.63, 3.8) is 0 Å². The highest BCUT2D eigenvalue weighted by Crippen LogP contribution is 2.36. The molecule has 0 aliphatic heterocycles. The number of Topliss-reactive ketones (excluding diaryl/α,β-unsaturated/α-hetero) is 1. The Hall–Kier alpha value is -2.37. The number of aromatic amines is 1. The van der Waals surface area contributed by atoms with E-state index >= 15 is 0 Å². The maximum Gasteiger partial charge on any atom is 0.268 e. The van der Waals surface area contributed by atoms with Crippen LogP contribution in [0.15, 0.2) is 18.5 Å². The molecular weight excluding hydrogens is 304 g/mol. The second kappa shape index (κ2) is 5.92. The van der Waals surface area contributed by atoms with Gasteiger partial charge in [-0.1, -0.05) is 13.8 Å². The lowest BCUT2D eigenvalue weighted by atomic mass is 9.75. The summed E-state index contributed by atoms with van der Waals surface area (Å²) in [5.41, 5.74) is 2.79. The average molecular weight is 328 g/mol. The molecule has 1 atom stereocenters. The molecule has 0 fully saturated rings. The minimum atomic E-state index is -0.174. The Bertz CT molecular complexity index is 771. The SMILES string of the molecule is Cc1c(C(=O)N[C@H](C)Cn2cccn2)[nH]c2c1C(=O)CC(C)(C)C2. The van der Waals surface area contributed by atoms with Gasteiger partial charge in [0.05, 0.1) is 6.54 Å². The molecule has 0 unspecified atom stereocenters. The molecule has 1 aliphatic rings. The van der Waals surface area contributed by atoms with E-state index in [9.17, 15) is 9.59 Å². The van der Waals surface area contributed by atoms with Gasteiger partial charge in [0.1, 0.15) is 5.69 Å². The molecule has 2 N–H and O–H groups in total.